The minimum atomic E-state index is -3.81. The predicted molar refractivity (Wildman–Crippen MR) is 84.5 cm³/mol. The van der Waals surface area contributed by atoms with E-state index in [0.29, 0.717) is 12.1 Å². The van der Waals surface area contributed by atoms with Gasteiger partial charge in [0.25, 0.3) is 0 Å². The molecular weight excluding hydrogens is 332 g/mol. The van der Waals surface area contributed by atoms with E-state index in [1.165, 1.54) is 12.8 Å². The van der Waals surface area contributed by atoms with Crippen LogP contribution in [0.5, 0.6) is 0 Å². The van der Waals surface area contributed by atoms with E-state index in [1.54, 1.807) is 0 Å². The fourth-order valence-electron chi connectivity index (χ4n) is 0.721. The van der Waals surface area contributed by atoms with Crippen molar-refractivity contribution in [3.8, 4) is 0 Å². The van der Waals surface area contributed by atoms with Gasteiger partial charge in [-0.2, -0.15) is 0 Å². The van der Waals surface area contributed by atoms with Crippen molar-refractivity contribution in [3.05, 3.63) is 0 Å². The predicted octanol–water partition coefficient (Wildman–Crippen LogP) is 0.549. The lowest BCUT2D eigenvalue weighted by molar-refractivity contribution is 0.361. The number of nitrogens with one attached hydrogen (secondary N) is 1. The average molecular weight is 357 g/mol. The van der Waals surface area contributed by atoms with Gasteiger partial charge in [-0.15, -0.1) is 0 Å². The molecule has 7 nitrogen and oxygen atoms in total. The molecule has 2 unspecified atom stereocenters. The molecule has 11 heteroatoms. The zero-order chi connectivity index (χ0) is 16.3. The van der Waals surface area contributed by atoms with Crippen LogP contribution in [0, 0.1) is 0 Å². The van der Waals surface area contributed by atoms with Gasteiger partial charge in [0, 0.05) is 12.1 Å². The van der Waals surface area contributed by atoms with Gasteiger partial charge in [0.15, 0.2) is 0 Å². The Labute approximate surface area is 124 Å². The summed E-state index contributed by atoms with van der Waals surface area (Å²) in [5.74, 6) is 0. The lowest BCUT2D eigenvalue weighted by atomic mass is 10.2. The third-order valence-corrected chi connectivity index (χ3v) is 1.79. The second kappa shape index (κ2) is 12.7. The van der Waals surface area contributed by atoms with Gasteiger partial charge >= 0.3 is 13.4 Å². The molecule has 0 amide bonds. The molecule has 0 aromatic heterocycles. The molecule has 0 rings (SSSR count). The second-order valence-corrected chi connectivity index (χ2v) is 8.80. The van der Waals surface area contributed by atoms with Crippen LogP contribution in [0.1, 0.15) is 40.5 Å². The fourth-order valence-corrected chi connectivity index (χ4v) is 0.721. The van der Waals surface area contributed by atoms with Gasteiger partial charge < -0.3 is 34.7 Å². The summed E-state index contributed by atoms with van der Waals surface area (Å²) in [6.07, 6.45) is 2.45. The Morgan fingerprint density at radius 2 is 0.947 bits per heavy atom. The Bertz CT molecular complexity index is 250. The highest BCUT2D eigenvalue weighted by atomic mass is 32.5. The van der Waals surface area contributed by atoms with Crippen molar-refractivity contribution in [2.75, 3.05) is 0 Å². The first-order chi connectivity index (χ1) is 8.20. The Kier molecular flexibility index (Phi) is 16.8. The van der Waals surface area contributed by atoms with Crippen LogP contribution in [0.15, 0.2) is 0 Å². The first-order valence-corrected chi connectivity index (χ1v) is 10.8. The van der Waals surface area contributed by atoms with Crippen molar-refractivity contribution in [2.24, 2.45) is 0 Å². The van der Waals surface area contributed by atoms with Gasteiger partial charge in [0.05, 0.1) is 0 Å². The summed E-state index contributed by atoms with van der Waals surface area (Å²) in [5, 5.41) is 3.48. The molecule has 0 aliphatic heterocycles. The molecule has 0 aliphatic rings. The topological polar surface area (TPSA) is 133 Å². The van der Waals surface area contributed by atoms with Crippen LogP contribution in [-0.2, 0) is 23.6 Å². The van der Waals surface area contributed by atoms with Crippen LogP contribution in [-0.4, -0.2) is 41.4 Å². The maximum Gasteiger partial charge on any atom is 0.319 e. The molecule has 19 heavy (non-hydrogen) atoms. The molecule has 0 fully saturated rings. The molecular formula is C8H25NO6P2S2. The van der Waals surface area contributed by atoms with Crippen molar-refractivity contribution >= 4 is 37.1 Å². The van der Waals surface area contributed by atoms with Crippen molar-refractivity contribution < 1.29 is 29.4 Å². The van der Waals surface area contributed by atoms with Crippen LogP contribution in [0.3, 0.4) is 0 Å². The first-order valence-electron chi connectivity index (χ1n) is 5.53. The third-order valence-electron chi connectivity index (χ3n) is 1.79. The molecule has 0 bridgehead atoms. The van der Waals surface area contributed by atoms with E-state index in [1.807, 2.05) is 0 Å². The van der Waals surface area contributed by atoms with Crippen molar-refractivity contribution in [1.82, 2.24) is 5.32 Å². The maximum atomic E-state index is 7.56. The van der Waals surface area contributed by atoms with Gasteiger partial charge in [-0.05, 0) is 50.3 Å². The normalized spacial score (nSPS) is 14.4. The van der Waals surface area contributed by atoms with Gasteiger partial charge in [-0.25, -0.2) is 0 Å². The van der Waals surface area contributed by atoms with Crippen LogP contribution in [0.25, 0.3) is 0 Å². The van der Waals surface area contributed by atoms with E-state index >= 15 is 0 Å². The zero-order valence-electron chi connectivity index (χ0n) is 11.5. The quantitative estimate of drug-likeness (QED) is 0.360. The Hall–Kier alpha value is 1.02. The Balaban J connectivity index is -0.000000219. The van der Waals surface area contributed by atoms with Crippen molar-refractivity contribution in [1.29, 1.82) is 0 Å². The van der Waals surface area contributed by atoms with E-state index in [4.69, 9.17) is 29.4 Å². The Morgan fingerprint density at radius 1 is 0.789 bits per heavy atom. The molecule has 120 valence electrons. The zero-order valence-corrected chi connectivity index (χ0v) is 14.9. The standard InChI is InChI=1S/C8H19N.2H3O3PS/c1-5-7(3)9-8(4)6-2;2*1-4(2,3)5/h7-9H,5-6H2,1-4H3;2*(H3,1,2,3,5). The minimum absolute atomic E-state index is 0.681. The van der Waals surface area contributed by atoms with Crippen LogP contribution < -0.4 is 5.32 Å². The summed E-state index contributed by atoms with van der Waals surface area (Å²) in [5.41, 5.74) is 0. The van der Waals surface area contributed by atoms with Crippen LogP contribution in [0.2, 0.25) is 0 Å². The fraction of sp³-hybridized carbons (Fsp3) is 1.00. The smallest absolute Gasteiger partial charge is 0.319 e. The average Bonchev–Trinajstić information content (AvgIpc) is 2.12. The second-order valence-electron chi connectivity index (χ2n) is 3.81. The largest absolute Gasteiger partial charge is 0.325 e. The van der Waals surface area contributed by atoms with E-state index < -0.39 is 13.4 Å². The lowest BCUT2D eigenvalue weighted by Crippen LogP contribution is -2.33. The first kappa shape index (κ1) is 25.0. The van der Waals surface area contributed by atoms with E-state index in [9.17, 15) is 0 Å². The Morgan fingerprint density at radius 3 is 1.05 bits per heavy atom. The highest BCUT2D eigenvalue weighted by Gasteiger charge is 2.01. The van der Waals surface area contributed by atoms with Crippen molar-refractivity contribution in [2.45, 2.75) is 52.6 Å². The highest BCUT2D eigenvalue weighted by Crippen LogP contribution is 2.26. The highest BCUT2D eigenvalue weighted by molar-refractivity contribution is 8.06. The van der Waals surface area contributed by atoms with Gasteiger partial charge in [-0.1, -0.05) is 13.8 Å². The maximum absolute atomic E-state index is 7.56. The number of hydrogen-bond donors (Lipinski definition) is 7. The molecule has 7 N–H and O–H groups in total. The summed E-state index contributed by atoms with van der Waals surface area (Å²) in [6.45, 7) is 1.26. The lowest BCUT2D eigenvalue weighted by Gasteiger charge is -2.16. The van der Waals surface area contributed by atoms with E-state index in [-0.39, 0.29) is 0 Å². The number of hydrogen-bond acceptors (Lipinski definition) is 3. The third kappa shape index (κ3) is 67.7. The minimum Gasteiger partial charge on any atom is -0.325 e. The van der Waals surface area contributed by atoms with Crippen molar-refractivity contribution in [3.63, 3.8) is 0 Å². The molecule has 0 heterocycles. The molecule has 0 aromatic carbocycles. The molecule has 0 saturated heterocycles. The van der Waals surface area contributed by atoms with Crippen LogP contribution >= 0.6 is 13.4 Å². The van der Waals surface area contributed by atoms with Gasteiger partial charge in [-0.3, -0.25) is 0 Å². The van der Waals surface area contributed by atoms with Crippen LogP contribution in [0.4, 0.5) is 0 Å². The monoisotopic (exact) mass is 357 g/mol. The summed E-state index contributed by atoms with van der Waals surface area (Å²) < 4.78 is 0. The summed E-state index contributed by atoms with van der Waals surface area (Å²) in [7, 11) is 0. The summed E-state index contributed by atoms with van der Waals surface area (Å²) in [4.78, 5) is 45.3. The van der Waals surface area contributed by atoms with Gasteiger partial charge in [0.1, 0.15) is 0 Å². The van der Waals surface area contributed by atoms with Gasteiger partial charge in [0.2, 0.25) is 0 Å². The molecule has 0 radical (unpaired) electrons. The SMILES string of the molecule is CCC(C)NC(C)CC.OP(O)(O)=S.OP(O)(O)=S. The number of rotatable bonds is 4. The molecule has 0 saturated carbocycles. The summed E-state index contributed by atoms with van der Waals surface area (Å²) >= 11 is 7.21. The van der Waals surface area contributed by atoms with E-state index in [0.717, 1.165) is 0 Å². The molecule has 0 aromatic rings. The molecule has 0 spiro atoms. The molecule has 2 atom stereocenters. The summed E-state index contributed by atoms with van der Waals surface area (Å²) in [6, 6.07) is 1.36. The molecule has 0 aliphatic carbocycles. The van der Waals surface area contributed by atoms with E-state index in [2.05, 4.69) is 56.6 Å².